The van der Waals surface area contributed by atoms with E-state index in [1.807, 2.05) is 6.92 Å². The van der Waals surface area contributed by atoms with Crippen LogP contribution in [0.4, 0.5) is 18.9 Å². The zero-order chi connectivity index (χ0) is 12.8. The quantitative estimate of drug-likeness (QED) is 0.834. The topological polar surface area (TPSA) is 41.1 Å². The van der Waals surface area contributed by atoms with Crippen molar-refractivity contribution < 1.29 is 18.0 Å². The summed E-state index contributed by atoms with van der Waals surface area (Å²) in [6, 6.07) is 1.10. The summed E-state index contributed by atoms with van der Waals surface area (Å²) in [5.41, 5.74) is -0.502. The van der Waals surface area contributed by atoms with Crippen LogP contribution in [0.25, 0.3) is 0 Å². The van der Waals surface area contributed by atoms with Gasteiger partial charge in [-0.25, -0.2) is 13.2 Å². The van der Waals surface area contributed by atoms with Gasteiger partial charge in [0.15, 0.2) is 11.6 Å². The van der Waals surface area contributed by atoms with Crippen LogP contribution in [0.5, 0.6) is 0 Å². The molecule has 3 nitrogen and oxygen atoms in total. The molecule has 94 valence electrons. The molecule has 0 atom stereocenters. The van der Waals surface area contributed by atoms with Crippen LogP contribution < -0.4 is 10.6 Å². The van der Waals surface area contributed by atoms with E-state index in [4.69, 9.17) is 0 Å². The number of anilines is 1. The van der Waals surface area contributed by atoms with Crippen LogP contribution in [0.1, 0.15) is 13.3 Å². The molecule has 2 N–H and O–H groups in total. The van der Waals surface area contributed by atoms with Gasteiger partial charge in [0.2, 0.25) is 5.91 Å². The normalized spacial score (nSPS) is 10.1. The lowest BCUT2D eigenvalue weighted by molar-refractivity contribution is -0.119. The number of halogens is 3. The summed E-state index contributed by atoms with van der Waals surface area (Å²) in [5.74, 6) is -3.51. The van der Waals surface area contributed by atoms with Crippen LogP contribution in [0.15, 0.2) is 12.1 Å². The molecule has 6 heteroatoms. The van der Waals surface area contributed by atoms with Crippen LogP contribution in [0.3, 0.4) is 0 Å². The van der Waals surface area contributed by atoms with Crippen molar-refractivity contribution in [1.29, 1.82) is 0 Å². The molecule has 1 rings (SSSR count). The Morgan fingerprint density at radius 3 is 2.35 bits per heavy atom. The van der Waals surface area contributed by atoms with Crippen molar-refractivity contribution in [2.45, 2.75) is 13.3 Å². The molecule has 0 aromatic heterocycles. The number of rotatable bonds is 5. The van der Waals surface area contributed by atoms with Gasteiger partial charge in [0, 0.05) is 18.7 Å². The Kier molecular flexibility index (Phi) is 4.81. The van der Waals surface area contributed by atoms with Crippen LogP contribution in [0, 0.1) is 17.5 Å². The van der Waals surface area contributed by atoms with Gasteiger partial charge < -0.3 is 10.6 Å². The number of carbonyl (C=O) groups excluding carboxylic acids is 1. The van der Waals surface area contributed by atoms with E-state index in [0.717, 1.165) is 6.42 Å². The van der Waals surface area contributed by atoms with Crippen LogP contribution in [-0.2, 0) is 4.79 Å². The summed E-state index contributed by atoms with van der Waals surface area (Å²) in [4.78, 5) is 11.2. The van der Waals surface area contributed by atoms with Gasteiger partial charge in [-0.3, -0.25) is 4.79 Å². The van der Waals surface area contributed by atoms with Gasteiger partial charge in [-0.05, 0) is 6.42 Å². The lowest BCUT2D eigenvalue weighted by atomic mass is 10.2. The number of amides is 1. The molecule has 17 heavy (non-hydrogen) atoms. The first-order valence-electron chi connectivity index (χ1n) is 5.19. The lowest BCUT2D eigenvalue weighted by Gasteiger charge is -2.09. The van der Waals surface area contributed by atoms with E-state index in [1.54, 1.807) is 0 Å². The predicted octanol–water partition coefficient (Wildman–Crippen LogP) is 2.04. The van der Waals surface area contributed by atoms with E-state index in [9.17, 15) is 18.0 Å². The molecule has 0 aliphatic carbocycles. The molecule has 0 aliphatic heterocycles. The summed E-state index contributed by atoms with van der Waals surface area (Å²) < 4.78 is 38.9. The van der Waals surface area contributed by atoms with Gasteiger partial charge in [-0.15, -0.1) is 0 Å². The third-order valence-corrected chi connectivity index (χ3v) is 2.00. The number of nitrogens with one attached hydrogen (secondary N) is 2. The summed E-state index contributed by atoms with van der Waals surface area (Å²) in [7, 11) is 0. The van der Waals surface area contributed by atoms with Crippen LogP contribution >= 0.6 is 0 Å². The van der Waals surface area contributed by atoms with E-state index >= 15 is 0 Å². The maximum atomic E-state index is 13.1. The van der Waals surface area contributed by atoms with Crippen molar-refractivity contribution in [3.63, 3.8) is 0 Å². The predicted molar refractivity (Wildman–Crippen MR) is 58.1 cm³/mol. The zero-order valence-corrected chi connectivity index (χ0v) is 9.32. The highest BCUT2D eigenvalue weighted by molar-refractivity contribution is 5.80. The maximum absolute atomic E-state index is 13.1. The van der Waals surface area contributed by atoms with Gasteiger partial charge in [-0.1, -0.05) is 6.92 Å². The second kappa shape index (κ2) is 6.12. The zero-order valence-electron chi connectivity index (χ0n) is 9.32. The van der Waals surface area contributed by atoms with E-state index in [2.05, 4.69) is 10.6 Å². The smallest absolute Gasteiger partial charge is 0.239 e. The van der Waals surface area contributed by atoms with Crippen molar-refractivity contribution in [2.24, 2.45) is 0 Å². The van der Waals surface area contributed by atoms with Crippen molar-refractivity contribution in [3.05, 3.63) is 29.6 Å². The second-order valence-corrected chi connectivity index (χ2v) is 3.45. The van der Waals surface area contributed by atoms with E-state index in [-0.39, 0.29) is 12.5 Å². The Balaban J connectivity index is 2.60. The highest BCUT2D eigenvalue weighted by atomic mass is 19.1. The molecule has 0 bridgehead atoms. The molecule has 0 saturated heterocycles. The molecule has 0 heterocycles. The summed E-state index contributed by atoms with van der Waals surface area (Å²) in [6.07, 6.45) is 0.769. The molecule has 1 amide bonds. The molecule has 0 saturated carbocycles. The molecule has 0 spiro atoms. The third kappa shape index (κ3) is 3.97. The molecule has 0 radical (unpaired) electrons. The van der Waals surface area contributed by atoms with Crippen molar-refractivity contribution in [2.75, 3.05) is 18.4 Å². The molecular formula is C11H13F3N2O. The van der Waals surface area contributed by atoms with Gasteiger partial charge in [0.25, 0.3) is 0 Å². The number of benzene rings is 1. The summed E-state index contributed by atoms with van der Waals surface area (Å²) in [6.45, 7) is 2.11. The van der Waals surface area contributed by atoms with Crippen molar-refractivity contribution >= 4 is 11.6 Å². The van der Waals surface area contributed by atoms with Crippen molar-refractivity contribution in [1.82, 2.24) is 5.32 Å². The standard InChI is InChI=1S/C11H13F3N2O/c1-2-3-15-10(17)6-16-11-8(13)4-7(12)5-9(11)14/h4-5,16H,2-3,6H2,1H3,(H,15,17). The first kappa shape index (κ1) is 13.3. The second-order valence-electron chi connectivity index (χ2n) is 3.45. The van der Waals surface area contributed by atoms with E-state index in [1.165, 1.54) is 0 Å². The highest BCUT2D eigenvalue weighted by Gasteiger charge is 2.12. The first-order valence-corrected chi connectivity index (χ1v) is 5.19. The Labute approximate surface area is 97.0 Å². The fraction of sp³-hybridized carbons (Fsp3) is 0.364. The Bertz CT molecular complexity index is 387. The monoisotopic (exact) mass is 246 g/mol. The fourth-order valence-corrected chi connectivity index (χ4v) is 1.21. The van der Waals surface area contributed by atoms with Gasteiger partial charge in [0.05, 0.1) is 6.54 Å². The molecule has 0 aliphatic rings. The first-order chi connectivity index (χ1) is 8.04. The molecule has 0 unspecified atom stereocenters. The van der Waals surface area contributed by atoms with E-state index in [0.29, 0.717) is 18.7 Å². The highest BCUT2D eigenvalue weighted by Crippen LogP contribution is 2.19. The summed E-state index contributed by atoms with van der Waals surface area (Å²) >= 11 is 0. The number of carbonyl (C=O) groups is 1. The average molecular weight is 246 g/mol. The fourth-order valence-electron chi connectivity index (χ4n) is 1.21. The third-order valence-electron chi connectivity index (χ3n) is 2.00. The van der Waals surface area contributed by atoms with Crippen LogP contribution in [-0.4, -0.2) is 19.0 Å². The van der Waals surface area contributed by atoms with Gasteiger partial charge in [-0.2, -0.15) is 0 Å². The Morgan fingerprint density at radius 1 is 1.24 bits per heavy atom. The lowest BCUT2D eigenvalue weighted by Crippen LogP contribution is -2.30. The Hall–Kier alpha value is -1.72. The van der Waals surface area contributed by atoms with Crippen LogP contribution in [0.2, 0.25) is 0 Å². The molecule has 0 fully saturated rings. The minimum absolute atomic E-state index is 0.264. The van der Waals surface area contributed by atoms with Gasteiger partial charge in [0.1, 0.15) is 11.5 Å². The minimum Gasteiger partial charge on any atom is -0.371 e. The molecule has 1 aromatic rings. The maximum Gasteiger partial charge on any atom is 0.239 e. The van der Waals surface area contributed by atoms with E-state index < -0.39 is 23.1 Å². The molecule has 1 aromatic carbocycles. The SMILES string of the molecule is CCCNC(=O)CNc1c(F)cc(F)cc1F. The summed E-state index contributed by atoms with van der Waals surface area (Å²) in [5, 5.41) is 4.82. The minimum atomic E-state index is -1.06. The van der Waals surface area contributed by atoms with Crippen molar-refractivity contribution in [3.8, 4) is 0 Å². The largest absolute Gasteiger partial charge is 0.371 e. The molecular weight excluding hydrogens is 233 g/mol. The number of hydrogen-bond acceptors (Lipinski definition) is 2. The Morgan fingerprint density at radius 2 is 1.82 bits per heavy atom. The van der Waals surface area contributed by atoms with Gasteiger partial charge >= 0.3 is 0 Å². The average Bonchev–Trinajstić information content (AvgIpc) is 2.24. The number of hydrogen-bond donors (Lipinski definition) is 2.